The number of fused-ring (bicyclic) bond motifs is 1. The molecule has 1 heterocycles. The molecule has 2 N–H and O–H groups in total. The van der Waals surface area contributed by atoms with E-state index in [1.165, 1.54) is 42.5 Å². The number of amides is 1. The Kier molecular flexibility index (Phi) is 6.31. The van der Waals surface area contributed by atoms with Gasteiger partial charge in [0, 0.05) is 31.1 Å². The van der Waals surface area contributed by atoms with Gasteiger partial charge in [-0.25, -0.2) is 4.39 Å². The standard InChI is InChI=1S/C21H21F4N3O2/c1-3-9-28(12-30-2)18-8-7-13(10-15(18)21(23,24)25)26-11-14-19-16(22)5-4-6-17(19)27-20(14)29/h4-8,10-11,26H,3,9,12H2,1-2H3,(H,27,29)/b14-11+. The van der Waals surface area contributed by atoms with E-state index in [-0.39, 0.29) is 29.2 Å². The first-order chi connectivity index (χ1) is 14.3. The van der Waals surface area contributed by atoms with Crippen LogP contribution in [0.2, 0.25) is 0 Å². The molecule has 0 bridgehead atoms. The summed E-state index contributed by atoms with van der Waals surface area (Å²) in [5.41, 5.74) is -0.318. The largest absolute Gasteiger partial charge is 0.418 e. The molecule has 160 valence electrons. The van der Waals surface area contributed by atoms with E-state index in [2.05, 4.69) is 10.6 Å². The molecule has 0 radical (unpaired) electrons. The van der Waals surface area contributed by atoms with Gasteiger partial charge in [-0.3, -0.25) is 4.79 Å². The van der Waals surface area contributed by atoms with Crippen molar-refractivity contribution in [3.63, 3.8) is 0 Å². The van der Waals surface area contributed by atoms with Crippen LogP contribution < -0.4 is 15.5 Å². The van der Waals surface area contributed by atoms with Crippen LogP contribution in [0.25, 0.3) is 5.57 Å². The van der Waals surface area contributed by atoms with Gasteiger partial charge in [0.15, 0.2) is 0 Å². The van der Waals surface area contributed by atoms with Gasteiger partial charge in [0.05, 0.1) is 22.5 Å². The van der Waals surface area contributed by atoms with Gasteiger partial charge in [-0.15, -0.1) is 0 Å². The first-order valence-electron chi connectivity index (χ1n) is 9.28. The highest BCUT2D eigenvalue weighted by atomic mass is 19.4. The smallest absolute Gasteiger partial charge is 0.364 e. The number of alkyl halides is 3. The number of rotatable bonds is 7. The predicted molar refractivity (Wildman–Crippen MR) is 108 cm³/mol. The van der Waals surface area contributed by atoms with Gasteiger partial charge >= 0.3 is 6.18 Å². The summed E-state index contributed by atoms with van der Waals surface area (Å²) < 4.78 is 60.2. The zero-order chi connectivity index (χ0) is 21.9. The van der Waals surface area contributed by atoms with Gasteiger partial charge in [-0.2, -0.15) is 13.2 Å². The highest BCUT2D eigenvalue weighted by molar-refractivity contribution is 6.31. The molecule has 1 aliphatic heterocycles. The average Bonchev–Trinajstić information content (AvgIpc) is 3.02. The van der Waals surface area contributed by atoms with Gasteiger partial charge in [-0.05, 0) is 36.8 Å². The fourth-order valence-corrected chi connectivity index (χ4v) is 3.31. The Morgan fingerprint density at radius 3 is 2.67 bits per heavy atom. The Bertz CT molecular complexity index is 967. The number of carbonyl (C=O) groups is 1. The van der Waals surface area contributed by atoms with E-state index >= 15 is 0 Å². The lowest BCUT2D eigenvalue weighted by Crippen LogP contribution is -2.28. The van der Waals surface area contributed by atoms with Crippen LogP contribution in [0.4, 0.5) is 34.6 Å². The third kappa shape index (κ3) is 4.40. The summed E-state index contributed by atoms with van der Waals surface area (Å²) in [7, 11) is 1.42. The van der Waals surface area contributed by atoms with Crippen molar-refractivity contribution in [2.45, 2.75) is 19.5 Å². The van der Waals surface area contributed by atoms with E-state index in [0.29, 0.717) is 18.7 Å². The maximum absolute atomic E-state index is 14.1. The van der Waals surface area contributed by atoms with Crippen molar-refractivity contribution in [3.8, 4) is 0 Å². The van der Waals surface area contributed by atoms with E-state index in [4.69, 9.17) is 4.74 Å². The number of benzene rings is 2. The minimum Gasteiger partial charge on any atom is -0.364 e. The Labute approximate surface area is 171 Å². The summed E-state index contributed by atoms with van der Waals surface area (Å²) in [6, 6.07) is 7.99. The van der Waals surface area contributed by atoms with Gasteiger partial charge in [0.25, 0.3) is 5.91 Å². The molecular weight excluding hydrogens is 402 g/mol. The summed E-state index contributed by atoms with van der Waals surface area (Å²) in [5.74, 6) is -1.13. The quantitative estimate of drug-likeness (QED) is 0.371. The van der Waals surface area contributed by atoms with Crippen LogP contribution >= 0.6 is 0 Å². The number of hydrogen-bond donors (Lipinski definition) is 2. The Balaban J connectivity index is 1.95. The summed E-state index contributed by atoms with van der Waals surface area (Å²) in [6.07, 6.45) is -2.74. The fourth-order valence-electron chi connectivity index (χ4n) is 3.31. The van der Waals surface area contributed by atoms with Crippen molar-refractivity contribution in [2.24, 2.45) is 0 Å². The van der Waals surface area contributed by atoms with Crippen molar-refractivity contribution in [1.29, 1.82) is 0 Å². The normalized spacial score (nSPS) is 14.6. The number of halogens is 4. The molecule has 2 aromatic carbocycles. The lowest BCUT2D eigenvalue weighted by atomic mass is 10.1. The zero-order valence-electron chi connectivity index (χ0n) is 16.4. The van der Waals surface area contributed by atoms with E-state index in [1.807, 2.05) is 6.92 Å². The molecule has 0 spiro atoms. The number of nitrogens with one attached hydrogen (secondary N) is 2. The van der Waals surface area contributed by atoms with Gasteiger partial charge < -0.3 is 20.3 Å². The maximum atomic E-state index is 14.1. The summed E-state index contributed by atoms with van der Waals surface area (Å²) in [5, 5.41) is 5.21. The molecule has 0 saturated carbocycles. The molecule has 3 rings (SSSR count). The second-order valence-corrected chi connectivity index (χ2v) is 6.73. The molecule has 0 saturated heterocycles. The van der Waals surface area contributed by atoms with E-state index < -0.39 is 23.5 Å². The molecule has 1 aliphatic rings. The first-order valence-corrected chi connectivity index (χ1v) is 9.28. The molecule has 0 aromatic heterocycles. The highest BCUT2D eigenvalue weighted by Crippen LogP contribution is 2.39. The van der Waals surface area contributed by atoms with Crippen LogP contribution in [0.15, 0.2) is 42.6 Å². The molecule has 0 atom stereocenters. The highest BCUT2D eigenvalue weighted by Gasteiger charge is 2.35. The van der Waals surface area contributed by atoms with Crippen LogP contribution in [0.1, 0.15) is 24.5 Å². The molecule has 0 fully saturated rings. The Hall–Kier alpha value is -3.07. The van der Waals surface area contributed by atoms with E-state index in [9.17, 15) is 22.4 Å². The third-order valence-electron chi connectivity index (χ3n) is 4.58. The lowest BCUT2D eigenvalue weighted by molar-refractivity contribution is -0.137. The van der Waals surface area contributed by atoms with Gasteiger partial charge in [-0.1, -0.05) is 13.0 Å². The van der Waals surface area contributed by atoms with Crippen LogP contribution in [0, 0.1) is 5.82 Å². The Morgan fingerprint density at radius 1 is 1.23 bits per heavy atom. The van der Waals surface area contributed by atoms with E-state index in [0.717, 1.165) is 6.07 Å². The molecule has 0 unspecified atom stereocenters. The maximum Gasteiger partial charge on any atom is 0.418 e. The molecule has 0 aliphatic carbocycles. The fraction of sp³-hybridized carbons (Fsp3) is 0.286. The van der Waals surface area contributed by atoms with Crippen LogP contribution in [-0.4, -0.2) is 26.3 Å². The predicted octanol–water partition coefficient (Wildman–Crippen LogP) is 5.07. The Morgan fingerprint density at radius 2 is 2.00 bits per heavy atom. The van der Waals surface area contributed by atoms with Gasteiger partial charge in [0.2, 0.25) is 0 Å². The molecule has 5 nitrogen and oxygen atoms in total. The molecular formula is C21H21F4N3O2. The summed E-state index contributed by atoms with van der Waals surface area (Å²) in [6.45, 7) is 2.27. The number of anilines is 3. The first kappa shape index (κ1) is 21.6. The van der Waals surface area contributed by atoms with Crippen molar-refractivity contribution >= 4 is 28.5 Å². The van der Waals surface area contributed by atoms with Crippen LogP contribution in [-0.2, 0) is 15.7 Å². The molecule has 9 heteroatoms. The molecule has 1 amide bonds. The lowest BCUT2D eigenvalue weighted by Gasteiger charge is -2.27. The number of carbonyl (C=O) groups excluding carboxylic acids is 1. The van der Waals surface area contributed by atoms with Crippen molar-refractivity contribution in [3.05, 3.63) is 59.5 Å². The minimum absolute atomic E-state index is 0.000553. The minimum atomic E-state index is -4.59. The van der Waals surface area contributed by atoms with E-state index in [1.54, 1.807) is 6.07 Å². The topological polar surface area (TPSA) is 53.6 Å². The van der Waals surface area contributed by atoms with Crippen molar-refractivity contribution < 1.29 is 27.1 Å². The summed E-state index contributed by atoms with van der Waals surface area (Å²) >= 11 is 0. The van der Waals surface area contributed by atoms with Crippen LogP contribution in [0.3, 0.4) is 0 Å². The number of hydrogen-bond acceptors (Lipinski definition) is 4. The summed E-state index contributed by atoms with van der Waals surface area (Å²) in [4.78, 5) is 13.6. The van der Waals surface area contributed by atoms with Crippen molar-refractivity contribution in [2.75, 3.05) is 35.9 Å². The third-order valence-corrected chi connectivity index (χ3v) is 4.58. The zero-order valence-corrected chi connectivity index (χ0v) is 16.4. The molecule has 2 aromatic rings. The van der Waals surface area contributed by atoms with Gasteiger partial charge in [0.1, 0.15) is 12.5 Å². The number of methoxy groups -OCH3 is 1. The number of nitrogens with zero attached hydrogens (tertiary/aromatic N) is 1. The second-order valence-electron chi connectivity index (χ2n) is 6.73. The average molecular weight is 423 g/mol. The monoisotopic (exact) mass is 423 g/mol. The van der Waals surface area contributed by atoms with Crippen LogP contribution in [0.5, 0.6) is 0 Å². The number of ether oxygens (including phenoxy) is 1. The second kappa shape index (κ2) is 8.74. The SMILES string of the molecule is CCCN(COC)c1ccc(N/C=C2/C(=O)Nc3cccc(F)c32)cc1C(F)(F)F. The molecule has 30 heavy (non-hydrogen) atoms. The van der Waals surface area contributed by atoms with Crippen molar-refractivity contribution in [1.82, 2.24) is 0 Å².